The first-order valence-corrected chi connectivity index (χ1v) is 8.88. The number of pyridine rings is 1. The Hall–Kier alpha value is -2.70. The number of amides is 1. The monoisotopic (exact) mass is 373 g/mol. The third kappa shape index (κ3) is 3.34. The minimum absolute atomic E-state index is 0.163. The number of aliphatic imine (C=N–C) groups is 1. The molecule has 0 aliphatic carbocycles. The van der Waals surface area contributed by atoms with Gasteiger partial charge in [0.2, 0.25) is 0 Å². The van der Waals surface area contributed by atoms with Crippen LogP contribution < -0.4 is 0 Å². The molecule has 1 amide bonds. The molecule has 1 aromatic carbocycles. The van der Waals surface area contributed by atoms with E-state index < -0.39 is 11.7 Å². The highest BCUT2D eigenvalue weighted by Gasteiger charge is 2.36. The number of likely N-dealkylation sites (tertiary alicyclic amines) is 1. The van der Waals surface area contributed by atoms with E-state index in [2.05, 4.69) is 9.98 Å². The van der Waals surface area contributed by atoms with Gasteiger partial charge in [-0.2, -0.15) is 13.2 Å². The SMILES string of the molecule is O=C(C1=NCc2ccncc21)N1CCC(c2ccccc2C(F)(F)F)CC1. The van der Waals surface area contributed by atoms with Crippen molar-refractivity contribution in [1.82, 2.24) is 9.88 Å². The Kier molecular flexibility index (Phi) is 4.45. The van der Waals surface area contributed by atoms with Crippen molar-refractivity contribution in [2.45, 2.75) is 31.5 Å². The van der Waals surface area contributed by atoms with E-state index >= 15 is 0 Å². The van der Waals surface area contributed by atoms with Crippen molar-refractivity contribution < 1.29 is 18.0 Å². The van der Waals surface area contributed by atoms with Gasteiger partial charge in [0.15, 0.2) is 0 Å². The number of alkyl halides is 3. The van der Waals surface area contributed by atoms with Crippen molar-refractivity contribution >= 4 is 11.6 Å². The Balaban J connectivity index is 1.47. The number of piperidine rings is 1. The fraction of sp³-hybridized carbons (Fsp3) is 0.350. The number of aromatic nitrogens is 1. The zero-order chi connectivity index (χ0) is 19.0. The molecule has 2 aliphatic heterocycles. The molecule has 4 rings (SSSR count). The number of fused-ring (bicyclic) bond motifs is 1. The molecular formula is C20H18F3N3O. The van der Waals surface area contributed by atoms with Gasteiger partial charge >= 0.3 is 6.18 Å². The van der Waals surface area contributed by atoms with Crippen LogP contribution in [-0.4, -0.2) is 34.6 Å². The highest BCUT2D eigenvalue weighted by molar-refractivity contribution is 6.46. The molecular weight excluding hydrogens is 355 g/mol. The first kappa shape index (κ1) is 17.7. The van der Waals surface area contributed by atoms with Crippen molar-refractivity contribution in [3.63, 3.8) is 0 Å². The van der Waals surface area contributed by atoms with Gasteiger partial charge in [0, 0.05) is 31.0 Å². The highest BCUT2D eigenvalue weighted by Crippen LogP contribution is 2.38. The molecule has 2 aromatic rings. The maximum atomic E-state index is 13.3. The van der Waals surface area contributed by atoms with Gasteiger partial charge in [-0.05, 0) is 42.0 Å². The average Bonchev–Trinajstić information content (AvgIpc) is 3.11. The molecule has 1 saturated heterocycles. The lowest BCUT2D eigenvalue weighted by molar-refractivity contribution is -0.138. The second-order valence-electron chi connectivity index (χ2n) is 6.85. The summed E-state index contributed by atoms with van der Waals surface area (Å²) < 4.78 is 39.8. The van der Waals surface area contributed by atoms with E-state index in [0.717, 1.165) is 17.2 Å². The standard InChI is InChI=1S/C20H18F3N3O/c21-20(22,23)17-4-2-1-3-15(17)13-6-9-26(10-7-13)19(27)18-16-12-24-8-5-14(16)11-25-18/h1-5,8,12-13H,6-7,9-11H2. The number of halogens is 3. The normalized spacial score (nSPS) is 17.6. The van der Waals surface area contributed by atoms with E-state index in [1.165, 1.54) is 6.07 Å². The average molecular weight is 373 g/mol. The molecule has 1 fully saturated rings. The van der Waals surface area contributed by atoms with Crippen LogP contribution in [0, 0.1) is 0 Å². The Morgan fingerprint density at radius 1 is 1.11 bits per heavy atom. The van der Waals surface area contributed by atoms with Gasteiger partial charge in [0.25, 0.3) is 5.91 Å². The summed E-state index contributed by atoms with van der Waals surface area (Å²) >= 11 is 0. The van der Waals surface area contributed by atoms with Crippen LogP contribution >= 0.6 is 0 Å². The second-order valence-corrected chi connectivity index (χ2v) is 6.85. The first-order valence-electron chi connectivity index (χ1n) is 8.88. The molecule has 2 aliphatic rings. The van der Waals surface area contributed by atoms with E-state index in [-0.39, 0.29) is 11.8 Å². The van der Waals surface area contributed by atoms with Gasteiger partial charge in [0.1, 0.15) is 5.71 Å². The molecule has 0 atom stereocenters. The van der Waals surface area contributed by atoms with Crippen molar-refractivity contribution in [3.05, 3.63) is 65.0 Å². The van der Waals surface area contributed by atoms with Crippen LogP contribution in [0.5, 0.6) is 0 Å². The van der Waals surface area contributed by atoms with E-state index in [0.29, 0.717) is 43.8 Å². The van der Waals surface area contributed by atoms with Gasteiger partial charge in [-0.1, -0.05) is 18.2 Å². The summed E-state index contributed by atoms with van der Waals surface area (Å²) in [5, 5.41) is 0. The number of nitrogens with zero attached hydrogens (tertiary/aromatic N) is 3. The molecule has 27 heavy (non-hydrogen) atoms. The lowest BCUT2D eigenvalue weighted by Gasteiger charge is -2.33. The third-order valence-electron chi connectivity index (χ3n) is 5.26. The Bertz CT molecular complexity index is 899. The maximum Gasteiger partial charge on any atom is 0.416 e. The number of rotatable bonds is 2. The summed E-state index contributed by atoms with van der Waals surface area (Å²) in [7, 11) is 0. The lowest BCUT2D eigenvalue weighted by atomic mass is 9.86. The van der Waals surface area contributed by atoms with Crippen molar-refractivity contribution in [2.24, 2.45) is 4.99 Å². The lowest BCUT2D eigenvalue weighted by Crippen LogP contribution is -2.42. The number of benzene rings is 1. The molecule has 0 saturated carbocycles. The van der Waals surface area contributed by atoms with E-state index in [4.69, 9.17) is 0 Å². The van der Waals surface area contributed by atoms with Gasteiger partial charge in [-0.15, -0.1) is 0 Å². The van der Waals surface area contributed by atoms with Crippen molar-refractivity contribution in [2.75, 3.05) is 13.1 Å². The zero-order valence-electron chi connectivity index (χ0n) is 14.5. The van der Waals surface area contributed by atoms with Gasteiger partial charge < -0.3 is 4.90 Å². The number of carbonyl (C=O) groups is 1. The molecule has 0 spiro atoms. The highest BCUT2D eigenvalue weighted by atomic mass is 19.4. The van der Waals surface area contributed by atoms with Crippen LogP contribution in [0.4, 0.5) is 13.2 Å². The molecule has 0 N–H and O–H groups in total. The van der Waals surface area contributed by atoms with Gasteiger partial charge in [-0.3, -0.25) is 14.8 Å². The minimum Gasteiger partial charge on any atom is -0.337 e. The topological polar surface area (TPSA) is 45.6 Å². The molecule has 7 heteroatoms. The Labute approximate surface area is 154 Å². The van der Waals surface area contributed by atoms with Crippen molar-refractivity contribution in [3.8, 4) is 0 Å². The summed E-state index contributed by atoms with van der Waals surface area (Å²) in [5.74, 6) is -0.365. The third-order valence-corrected chi connectivity index (χ3v) is 5.26. The number of hydrogen-bond acceptors (Lipinski definition) is 3. The first-order chi connectivity index (χ1) is 12.9. The predicted octanol–water partition coefficient (Wildman–Crippen LogP) is 3.81. The van der Waals surface area contributed by atoms with Crippen LogP contribution in [0.25, 0.3) is 0 Å². The van der Waals surface area contributed by atoms with Crippen LogP contribution in [0.1, 0.15) is 41.0 Å². The van der Waals surface area contributed by atoms with Gasteiger partial charge in [0.05, 0.1) is 12.1 Å². The maximum absolute atomic E-state index is 13.3. The molecule has 3 heterocycles. The molecule has 1 aromatic heterocycles. The van der Waals surface area contributed by atoms with Crippen LogP contribution in [0.15, 0.2) is 47.7 Å². The quantitative estimate of drug-likeness (QED) is 0.804. The number of hydrogen-bond donors (Lipinski definition) is 0. The van der Waals surface area contributed by atoms with E-state index in [9.17, 15) is 18.0 Å². The summed E-state index contributed by atoms with van der Waals surface area (Å²) in [6, 6.07) is 7.57. The summed E-state index contributed by atoms with van der Waals surface area (Å²) in [6.45, 7) is 1.31. The fourth-order valence-electron chi connectivity index (χ4n) is 3.86. The van der Waals surface area contributed by atoms with Crippen LogP contribution in [0.3, 0.4) is 0 Å². The zero-order valence-corrected chi connectivity index (χ0v) is 14.5. The molecule has 4 nitrogen and oxygen atoms in total. The predicted molar refractivity (Wildman–Crippen MR) is 94.5 cm³/mol. The van der Waals surface area contributed by atoms with Crippen LogP contribution in [-0.2, 0) is 17.5 Å². The van der Waals surface area contributed by atoms with Crippen molar-refractivity contribution in [1.29, 1.82) is 0 Å². The minimum atomic E-state index is -4.36. The van der Waals surface area contributed by atoms with E-state index in [1.54, 1.807) is 29.4 Å². The van der Waals surface area contributed by atoms with Gasteiger partial charge in [-0.25, -0.2) is 0 Å². The largest absolute Gasteiger partial charge is 0.416 e. The summed E-state index contributed by atoms with van der Waals surface area (Å²) in [6.07, 6.45) is -0.0341. The molecule has 140 valence electrons. The molecule has 0 bridgehead atoms. The van der Waals surface area contributed by atoms with E-state index in [1.807, 2.05) is 6.07 Å². The van der Waals surface area contributed by atoms with Crippen LogP contribution in [0.2, 0.25) is 0 Å². The number of carbonyl (C=O) groups excluding carboxylic acids is 1. The summed E-state index contributed by atoms with van der Waals surface area (Å²) in [5.41, 5.74) is 1.89. The Morgan fingerprint density at radius 3 is 2.59 bits per heavy atom. The fourth-order valence-corrected chi connectivity index (χ4v) is 3.86. The Morgan fingerprint density at radius 2 is 1.85 bits per heavy atom. The second kappa shape index (κ2) is 6.79. The molecule has 0 radical (unpaired) electrons. The smallest absolute Gasteiger partial charge is 0.337 e. The molecule has 0 unspecified atom stereocenters. The summed E-state index contributed by atoms with van der Waals surface area (Å²) in [4.78, 5) is 22.9.